The van der Waals surface area contributed by atoms with Gasteiger partial charge in [0.15, 0.2) is 14.6 Å². The van der Waals surface area contributed by atoms with E-state index in [1.807, 2.05) is 26.0 Å². The van der Waals surface area contributed by atoms with Crippen molar-refractivity contribution < 1.29 is 23.1 Å². The molecule has 3 aromatic rings. The van der Waals surface area contributed by atoms with Crippen molar-refractivity contribution in [3.05, 3.63) is 64.3 Å². The number of carboxylic acid groups (broad SMARTS) is 1. The second kappa shape index (κ2) is 8.60. The summed E-state index contributed by atoms with van der Waals surface area (Å²) < 4.78 is 24.5. The van der Waals surface area contributed by atoms with Gasteiger partial charge >= 0.3 is 5.97 Å². The van der Waals surface area contributed by atoms with Gasteiger partial charge in [0.05, 0.1) is 15.4 Å². The van der Waals surface area contributed by atoms with Gasteiger partial charge in [0.25, 0.3) is 5.91 Å². The summed E-state index contributed by atoms with van der Waals surface area (Å²) in [6.45, 7) is 3.94. The number of benzene rings is 2. The second-order valence-electron chi connectivity index (χ2n) is 7.93. The predicted octanol–water partition coefficient (Wildman–Crippen LogP) is 3.88. The summed E-state index contributed by atoms with van der Waals surface area (Å²) in [6.07, 6.45) is 1.24. The van der Waals surface area contributed by atoms with Crippen LogP contribution in [0.1, 0.15) is 41.4 Å². The highest BCUT2D eigenvalue weighted by Gasteiger charge is 2.61. The number of aryl methyl sites for hydroxylation is 3. The average Bonchev–Trinajstić information content (AvgIpc) is 3.49. The number of hydrogen-bond acceptors (Lipinski definition) is 4. The molecule has 4 rings (SSSR count). The Labute approximate surface area is 191 Å². The van der Waals surface area contributed by atoms with Crippen molar-refractivity contribution in [3.63, 3.8) is 0 Å². The second-order valence-corrected chi connectivity index (χ2v) is 10.6. The van der Waals surface area contributed by atoms with Crippen LogP contribution in [-0.4, -0.2) is 34.7 Å². The van der Waals surface area contributed by atoms with E-state index in [4.69, 9.17) is 22.4 Å². The molecule has 3 N–H and O–H groups in total. The van der Waals surface area contributed by atoms with Crippen molar-refractivity contribution in [2.24, 2.45) is 12.8 Å². The minimum atomic E-state index is -3.75. The third-order valence-corrected chi connectivity index (χ3v) is 8.58. The van der Waals surface area contributed by atoms with Gasteiger partial charge < -0.3 is 15.4 Å². The SMILES string of the molecule is CCc1ccc(S(=O)(=O)C2(C(=O)O)CC2)cc1.Cc1cc(Cl)c2cc(C(N)=O)n(C)c2c1. The minimum absolute atomic E-state index is 0.106. The van der Waals surface area contributed by atoms with E-state index >= 15 is 0 Å². The highest BCUT2D eigenvalue weighted by Crippen LogP contribution is 2.47. The molecule has 1 aliphatic carbocycles. The number of hydrogen-bond donors (Lipinski definition) is 2. The van der Waals surface area contributed by atoms with Gasteiger partial charge in [-0.15, -0.1) is 0 Å². The topological polar surface area (TPSA) is 119 Å². The maximum atomic E-state index is 12.2. The molecule has 0 spiro atoms. The monoisotopic (exact) mass is 476 g/mol. The molecular formula is C23H25ClN2O5S. The van der Waals surface area contributed by atoms with Crippen LogP contribution in [-0.2, 0) is 28.1 Å². The average molecular weight is 477 g/mol. The van der Waals surface area contributed by atoms with Crippen LogP contribution in [0.4, 0.5) is 0 Å². The zero-order valence-corrected chi connectivity index (χ0v) is 19.6. The number of rotatable bonds is 5. The summed E-state index contributed by atoms with van der Waals surface area (Å²) in [5, 5.41) is 10.5. The maximum Gasteiger partial charge on any atom is 0.325 e. The van der Waals surface area contributed by atoms with Crippen molar-refractivity contribution in [1.82, 2.24) is 4.57 Å². The number of carbonyl (C=O) groups excluding carboxylic acids is 1. The normalized spacial score (nSPS) is 14.5. The predicted molar refractivity (Wildman–Crippen MR) is 124 cm³/mol. The van der Waals surface area contributed by atoms with Gasteiger partial charge in [0.2, 0.25) is 0 Å². The Hall–Kier alpha value is -2.84. The molecule has 1 amide bonds. The van der Waals surface area contributed by atoms with Gasteiger partial charge in [0.1, 0.15) is 5.69 Å². The first-order valence-electron chi connectivity index (χ1n) is 10.1. The van der Waals surface area contributed by atoms with Crippen LogP contribution in [0.3, 0.4) is 0 Å². The van der Waals surface area contributed by atoms with E-state index < -0.39 is 26.5 Å². The molecule has 0 radical (unpaired) electrons. The number of aromatic nitrogens is 1. The highest BCUT2D eigenvalue weighted by atomic mass is 35.5. The van der Waals surface area contributed by atoms with Crippen molar-refractivity contribution in [2.45, 2.75) is 42.8 Å². The Kier molecular flexibility index (Phi) is 6.40. The molecule has 1 fully saturated rings. The molecule has 1 aliphatic rings. The molecule has 0 bridgehead atoms. The number of primary amides is 1. The number of nitrogens with two attached hydrogens (primary N) is 1. The van der Waals surface area contributed by atoms with Crippen LogP contribution < -0.4 is 5.73 Å². The zero-order chi connectivity index (χ0) is 23.8. The van der Waals surface area contributed by atoms with E-state index in [2.05, 4.69) is 0 Å². The van der Waals surface area contributed by atoms with Crippen LogP contribution in [0.5, 0.6) is 0 Å². The lowest BCUT2D eigenvalue weighted by Crippen LogP contribution is -2.32. The van der Waals surface area contributed by atoms with E-state index in [9.17, 15) is 18.0 Å². The molecule has 0 saturated heterocycles. The van der Waals surface area contributed by atoms with E-state index in [0.29, 0.717) is 10.7 Å². The molecule has 32 heavy (non-hydrogen) atoms. The standard InChI is InChI=1S/C12H14O4S.C11H11ClN2O/c1-2-9-3-5-10(6-4-9)17(15,16)12(7-8-12)11(13)14;1-6-3-8(12)7-5-10(11(13)15)14(2)9(7)4-6/h3-6H,2,7-8H2,1H3,(H,13,14);3-5H,1-2H3,(H2,13,15). The lowest BCUT2D eigenvalue weighted by molar-refractivity contribution is -0.137. The first-order valence-corrected chi connectivity index (χ1v) is 11.9. The number of aliphatic carboxylic acids is 1. The number of nitrogens with zero attached hydrogens (tertiary/aromatic N) is 1. The number of halogens is 1. The molecule has 7 nitrogen and oxygen atoms in total. The Morgan fingerprint density at radius 1 is 1.16 bits per heavy atom. The van der Waals surface area contributed by atoms with Crippen LogP contribution in [0, 0.1) is 6.92 Å². The number of sulfone groups is 1. The van der Waals surface area contributed by atoms with E-state index in [-0.39, 0.29) is 17.7 Å². The lowest BCUT2D eigenvalue weighted by atomic mass is 10.2. The lowest BCUT2D eigenvalue weighted by Gasteiger charge is -2.11. The summed E-state index contributed by atoms with van der Waals surface area (Å²) >= 11 is 6.09. The molecule has 0 atom stereocenters. The summed E-state index contributed by atoms with van der Waals surface area (Å²) in [6, 6.07) is 12.0. The molecule has 2 aromatic carbocycles. The van der Waals surface area contributed by atoms with E-state index in [0.717, 1.165) is 28.5 Å². The number of amides is 1. The van der Waals surface area contributed by atoms with Gasteiger partial charge in [-0.25, -0.2) is 8.42 Å². The molecule has 1 aromatic heterocycles. The number of carbonyl (C=O) groups is 2. The molecule has 0 unspecified atom stereocenters. The Bertz CT molecular complexity index is 1310. The largest absolute Gasteiger partial charge is 0.480 e. The smallest absolute Gasteiger partial charge is 0.325 e. The zero-order valence-electron chi connectivity index (χ0n) is 18.1. The van der Waals surface area contributed by atoms with E-state index in [1.165, 1.54) is 12.1 Å². The van der Waals surface area contributed by atoms with Crippen LogP contribution in [0.15, 0.2) is 47.4 Å². The quantitative estimate of drug-likeness (QED) is 0.579. The fraction of sp³-hybridized carbons (Fsp3) is 0.304. The van der Waals surface area contributed by atoms with E-state index in [1.54, 1.807) is 29.8 Å². The maximum absolute atomic E-state index is 12.2. The molecule has 1 saturated carbocycles. The van der Waals surface area contributed by atoms with Gasteiger partial charge in [-0.05, 0) is 67.6 Å². The van der Waals surface area contributed by atoms with Crippen LogP contribution in [0.25, 0.3) is 10.9 Å². The van der Waals surface area contributed by atoms with Crippen molar-refractivity contribution in [3.8, 4) is 0 Å². The highest BCUT2D eigenvalue weighted by molar-refractivity contribution is 7.94. The summed E-state index contributed by atoms with van der Waals surface area (Å²) in [5.74, 6) is -1.68. The summed E-state index contributed by atoms with van der Waals surface area (Å²) in [7, 11) is -1.95. The summed E-state index contributed by atoms with van der Waals surface area (Å²) in [4.78, 5) is 22.3. The molecule has 170 valence electrons. The van der Waals surface area contributed by atoms with Crippen molar-refractivity contribution >= 4 is 44.2 Å². The number of fused-ring (bicyclic) bond motifs is 1. The third kappa shape index (κ3) is 4.12. The Balaban J connectivity index is 0.000000182. The van der Waals surface area contributed by atoms with Gasteiger partial charge in [-0.3, -0.25) is 9.59 Å². The van der Waals surface area contributed by atoms with Crippen molar-refractivity contribution in [1.29, 1.82) is 0 Å². The molecule has 0 aliphatic heterocycles. The van der Waals surface area contributed by atoms with Crippen LogP contribution >= 0.6 is 11.6 Å². The molecule has 9 heteroatoms. The molecular weight excluding hydrogens is 452 g/mol. The van der Waals surface area contributed by atoms with Gasteiger partial charge in [-0.2, -0.15) is 0 Å². The Morgan fingerprint density at radius 3 is 2.22 bits per heavy atom. The fourth-order valence-electron chi connectivity index (χ4n) is 3.60. The van der Waals surface area contributed by atoms with Crippen molar-refractivity contribution in [2.75, 3.05) is 0 Å². The number of carboxylic acids is 1. The minimum Gasteiger partial charge on any atom is -0.480 e. The van der Waals surface area contributed by atoms with Gasteiger partial charge in [-0.1, -0.05) is 30.7 Å². The molecule has 1 heterocycles. The summed E-state index contributed by atoms with van der Waals surface area (Å²) in [5.41, 5.74) is 8.75. The third-order valence-electron chi connectivity index (χ3n) is 5.76. The fourth-order valence-corrected chi connectivity index (χ4v) is 5.73. The van der Waals surface area contributed by atoms with Gasteiger partial charge in [0, 0.05) is 12.4 Å². The van der Waals surface area contributed by atoms with Crippen LogP contribution in [0.2, 0.25) is 5.02 Å². The first-order chi connectivity index (χ1) is 14.9. The Morgan fingerprint density at radius 2 is 1.75 bits per heavy atom. The first kappa shape index (κ1) is 23.8.